The number of rotatable bonds is 6. The number of carboxylic acid groups (broad SMARTS) is 1. The van der Waals surface area contributed by atoms with E-state index in [-0.39, 0.29) is 0 Å². The summed E-state index contributed by atoms with van der Waals surface area (Å²) in [6, 6.07) is 3.74. The number of thioether (sulfide) groups is 1. The fourth-order valence-corrected chi connectivity index (χ4v) is 2.25. The average molecular weight is 238 g/mol. The molecule has 4 nitrogen and oxygen atoms in total. The average Bonchev–Trinajstić information content (AvgIpc) is 3.09. The first-order chi connectivity index (χ1) is 7.75. The van der Waals surface area contributed by atoms with E-state index in [1.807, 2.05) is 12.1 Å². The number of nitrogens with zero attached hydrogens (tertiary/aromatic N) is 1. The van der Waals surface area contributed by atoms with Gasteiger partial charge in [0, 0.05) is 29.1 Å². The number of hydrogen-bond acceptors (Lipinski definition) is 4. The molecule has 1 aliphatic rings. The van der Waals surface area contributed by atoms with Crippen molar-refractivity contribution in [3.05, 3.63) is 24.5 Å². The van der Waals surface area contributed by atoms with Gasteiger partial charge in [-0.3, -0.25) is 9.78 Å². The zero-order valence-corrected chi connectivity index (χ0v) is 9.61. The third kappa shape index (κ3) is 3.50. The van der Waals surface area contributed by atoms with Crippen molar-refractivity contribution < 1.29 is 9.90 Å². The minimum Gasteiger partial charge on any atom is -0.480 e. The Labute approximate surface area is 98.5 Å². The highest BCUT2D eigenvalue weighted by atomic mass is 32.2. The second-order valence-electron chi connectivity index (χ2n) is 3.83. The second kappa shape index (κ2) is 5.32. The van der Waals surface area contributed by atoms with Crippen molar-refractivity contribution in [2.45, 2.75) is 29.8 Å². The molecule has 0 aromatic carbocycles. The fraction of sp³-hybridized carbons (Fsp3) is 0.455. The van der Waals surface area contributed by atoms with Gasteiger partial charge in [-0.15, -0.1) is 11.8 Å². The third-order valence-corrected chi connectivity index (χ3v) is 3.48. The van der Waals surface area contributed by atoms with Crippen molar-refractivity contribution in [1.82, 2.24) is 10.3 Å². The summed E-state index contributed by atoms with van der Waals surface area (Å²) in [6.45, 7) is 0. The maximum Gasteiger partial charge on any atom is 0.321 e. The Morgan fingerprint density at radius 2 is 2.25 bits per heavy atom. The van der Waals surface area contributed by atoms with Crippen LogP contribution in [0.5, 0.6) is 0 Å². The Kier molecular flexibility index (Phi) is 3.79. The molecular weight excluding hydrogens is 224 g/mol. The minimum atomic E-state index is -0.770. The van der Waals surface area contributed by atoms with Crippen LogP contribution in [-0.2, 0) is 4.79 Å². The molecule has 0 spiro atoms. The molecule has 1 aromatic rings. The van der Waals surface area contributed by atoms with Crippen LogP contribution in [0, 0.1) is 0 Å². The van der Waals surface area contributed by atoms with Gasteiger partial charge in [0.1, 0.15) is 6.04 Å². The zero-order valence-electron chi connectivity index (χ0n) is 8.80. The van der Waals surface area contributed by atoms with Crippen LogP contribution in [0.15, 0.2) is 29.4 Å². The van der Waals surface area contributed by atoms with Gasteiger partial charge in [-0.1, -0.05) is 0 Å². The Bertz CT molecular complexity index is 354. The number of nitrogens with one attached hydrogen (secondary N) is 1. The molecular formula is C11H14N2O2S. The van der Waals surface area contributed by atoms with Gasteiger partial charge >= 0.3 is 5.97 Å². The van der Waals surface area contributed by atoms with Crippen LogP contribution in [0.1, 0.15) is 12.8 Å². The van der Waals surface area contributed by atoms with E-state index in [1.165, 1.54) is 0 Å². The molecule has 5 heteroatoms. The Hall–Kier alpha value is -1.07. The summed E-state index contributed by atoms with van der Waals surface area (Å²) in [5, 5.41) is 12.2. The summed E-state index contributed by atoms with van der Waals surface area (Å²) >= 11 is 1.54. The van der Waals surface area contributed by atoms with E-state index in [2.05, 4.69) is 10.3 Å². The summed E-state index contributed by atoms with van der Waals surface area (Å²) in [5.41, 5.74) is 0. The van der Waals surface area contributed by atoms with Crippen molar-refractivity contribution >= 4 is 17.7 Å². The molecule has 0 aliphatic heterocycles. The number of aliphatic carboxylic acids is 1. The normalized spacial score (nSPS) is 17.0. The maximum absolute atomic E-state index is 11.0. The van der Waals surface area contributed by atoms with E-state index in [9.17, 15) is 4.79 Å². The molecule has 1 aliphatic carbocycles. The van der Waals surface area contributed by atoms with Gasteiger partial charge in [0.2, 0.25) is 0 Å². The summed E-state index contributed by atoms with van der Waals surface area (Å²) in [6.07, 6.45) is 5.63. The van der Waals surface area contributed by atoms with Crippen molar-refractivity contribution in [3.8, 4) is 0 Å². The lowest BCUT2D eigenvalue weighted by atomic mass is 10.3. The minimum absolute atomic E-state index is 0.416. The standard InChI is InChI=1S/C11H14N2O2S/c14-11(15)10(13-8-1-2-8)7-16-9-3-5-12-6-4-9/h3-6,8,10,13H,1-2,7H2,(H,14,15). The third-order valence-electron chi connectivity index (χ3n) is 2.38. The molecule has 1 unspecified atom stereocenters. The lowest BCUT2D eigenvalue weighted by molar-refractivity contribution is -0.138. The van der Waals surface area contributed by atoms with Crippen molar-refractivity contribution in [2.75, 3.05) is 5.75 Å². The summed E-state index contributed by atoms with van der Waals surface area (Å²) in [5.74, 6) is -0.219. The number of pyridine rings is 1. The molecule has 0 radical (unpaired) electrons. The molecule has 1 atom stereocenters. The van der Waals surface area contributed by atoms with E-state index in [4.69, 9.17) is 5.11 Å². The van der Waals surface area contributed by atoms with Crippen LogP contribution in [0.3, 0.4) is 0 Å². The zero-order chi connectivity index (χ0) is 11.4. The molecule has 1 aromatic heterocycles. The first-order valence-corrected chi connectivity index (χ1v) is 6.26. The predicted molar refractivity (Wildman–Crippen MR) is 62.5 cm³/mol. The quantitative estimate of drug-likeness (QED) is 0.733. The van der Waals surface area contributed by atoms with E-state index in [1.54, 1.807) is 24.2 Å². The largest absolute Gasteiger partial charge is 0.480 e. The molecule has 0 saturated heterocycles. The van der Waals surface area contributed by atoms with Gasteiger partial charge in [-0.25, -0.2) is 0 Å². The Morgan fingerprint density at radius 3 is 2.81 bits per heavy atom. The number of hydrogen-bond donors (Lipinski definition) is 2. The SMILES string of the molecule is O=C(O)C(CSc1ccncc1)NC1CC1. The van der Waals surface area contributed by atoms with Gasteiger partial charge in [-0.2, -0.15) is 0 Å². The Balaban J connectivity index is 1.83. The van der Waals surface area contributed by atoms with Crippen LogP contribution in [0.25, 0.3) is 0 Å². The topological polar surface area (TPSA) is 62.2 Å². The highest BCUT2D eigenvalue weighted by Gasteiger charge is 2.28. The molecule has 86 valence electrons. The maximum atomic E-state index is 11.0. The Morgan fingerprint density at radius 1 is 1.56 bits per heavy atom. The van der Waals surface area contributed by atoms with E-state index < -0.39 is 12.0 Å². The highest BCUT2D eigenvalue weighted by Crippen LogP contribution is 2.22. The first-order valence-electron chi connectivity index (χ1n) is 5.27. The molecule has 1 fully saturated rings. The fourth-order valence-electron chi connectivity index (χ4n) is 1.34. The van der Waals surface area contributed by atoms with Crippen LogP contribution in [0.4, 0.5) is 0 Å². The van der Waals surface area contributed by atoms with E-state index >= 15 is 0 Å². The summed E-state index contributed by atoms with van der Waals surface area (Å²) < 4.78 is 0. The van der Waals surface area contributed by atoms with Gasteiger partial charge in [-0.05, 0) is 25.0 Å². The predicted octanol–water partition coefficient (Wildman–Crippen LogP) is 1.38. The molecule has 0 amide bonds. The second-order valence-corrected chi connectivity index (χ2v) is 4.92. The summed E-state index contributed by atoms with van der Waals surface area (Å²) in [4.78, 5) is 16.0. The number of carboxylic acids is 1. The lowest BCUT2D eigenvalue weighted by Crippen LogP contribution is -2.40. The van der Waals surface area contributed by atoms with Crippen LogP contribution < -0.4 is 5.32 Å². The summed E-state index contributed by atoms with van der Waals surface area (Å²) in [7, 11) is 0. The van der Waals surface area contributed by atoms with Crippen LogP contribution >= 0.6 is 11.8 Å². The van der Waals surface area contributed by atoms with Gasteiger partial charge in [0.05, 0.1) is 0 Å². The lowest BCUT2D eigenvalue weighted by Gasteiger charge is -2.13. The molecule has 0 bridgehead atoms. The first kappa shape index (κ1) is 11.4. The van der Waals surface area contributed by atoms with Crippen LogP contribution in [-0.4, -0.2) is 33.9 Å². The van der Waals surface area contributed by atoms with Crippen molar-refractivity contribution in [2.24, 2.45) is 0 Å². The van der Waals surface area contributed by atoms with Crippen LogP contribution in [0.2, 0.25) is 0 Å². The molecule has 1 heterocycles. The van der Waals surface area contributed by atoms with Gasteiger partial charge < -0.3 is 10.4 Å². The monoisotopic (exact) mass is 238 g/mol. The van der Waals surface area contributed by atoms with E-state index in [0.29, 0.717) is 11.8 Å². The highest BCUT2D eigenvalue weighted by molar-refractivity contribution is 7.99. The van der Waals surface area contributed by atoms with Crippen molar-refractivity contribution in [1.29, 1.82) is 0 Å². The van der Waals surface area contributed by atoms with E-state index in [0.717, 1.165) is 17.7 Å². The molecule has 1 saturated carbocycles. The molecule has 16 heavy (non-hydrogen) atoms. The molecule has 2 N–H and O–H groups in total. The smallest absolute Gasteiger partial charge is 0.321 e. The number of carbonyl (C=O) groups is 1. The van der Waals surface area contributed by atoms with Gasteiger partial charge in [0.15, 0.2) is 0 Å². The van der Waals surface area contributed by atoms with Gasteiger partial charge in [0.25, 0.3) is 0 Å². The number of aromatic nitrogens is 1. The van der Waals surface area contributed by atoms with Crippen molar-refractivity contribution in [3.63, 3.8) is 0 Å². The molecule has 2 rings (SSSR count).